The molecule has 0 N–H and O–H groups in total. The fourth-order valence-corrected chi connectivity index (χ4v) is 13.4. The second-order valence-electron chi connectivity index (χ2n) is 24.4. The molecule has 1 aromatic heterocycles. The normalized spacial score (nSPS) is 16.6. The molecule has 0 bridgehead atoms. The molecule has 358 valence electrons. The molecule has 5 heteroatoms. The van der Waals surface area contributed by atoms with E-state index in [1.165, 1.54) is 88.7 Å². The number of hydrogen-bond donors (Lipinski definition) is 0. The first-order valence-electron chi connectivity index (χ1n) is 26.4. The summed E-state index contributed by atoms with van der Waals surface area (Å²) in [6.07, 6.45) is 2.30. The number of ether oxygens (including phenoxy) is 1. The maximum Gasteiger partial charge on any atom is 0.333 e. The van der Waals surface area contributed by atoms with Gasteiger partial charge in [-0.2, -0.15) is 0 Å². The van der Waals surface area contributed by atoms with E-state index in [2.05, 4.69) is 243 Å². The molecule has 4 nitrogen and oxygen atoms in total. The lowest BCUT2D eigenvalue weighted by Crippen LogP contribution is -2.62. The van der Waals surface area contributed by atoms with Crippen molar-refractivity contribution in [2.24, 2.45) is 0 Å². The van der Waals surface area contributed by atoms with Crippen LogP contribution in [0.3, 0.4) is 0 Å². The molecule has 0 radical (unpaired) electrons. The van der Waals surface area contributed by atoms with Crippen LogP contribution in [0, 0.1) is 6.92 Å². The molecule has 0 unspecified atom stereocenters. The van der Waals surface area contributed by atoms with Gasteiger partial charge in [-0.25, -0.2) is 0 Å². The minimum absolute atomic E-state index is 0.00546. The van der Waals surface area contributed by atoms with E-state index in [1.54, 1.807) is 0 Å². The number of fused-ring (bicyclic) bond motifs is 12. The Morgan fingerprint density at radius 1 is 0.507 bits per heavy atom. The first kappa shape index (κ1) is 44.2. The summed E-state index contributed by atoms with van der Waals surface area (Å²) in [6, 6.07) is 61.8. The predicted molar refractivity (Wildman–Crippen MR) is 308 cm³/mol. The fraction of sp³-hybridized carbons (Fsp3) is 0.235. The maximum atomic E-state index is 7.12. The van der Waals surface area contributed by atoms with Gasteiger partial charge in [-0.15, -0.1) is 0 Å². The van der Waals surface area contributed by atoms with Crippen molar-refractivity contribution in [2.75, 3.05) is 9.71 Å². The Morgan fingerprint density at radius 2 is 1.21 bits per heavy atom. The summed E-state index contributed by atoms with van der Waals surface area (Å²) in [5.74, 6) is 1.82. The van der Waals surface area contributed by atoms with Gasteiger partial charge in [0.2, 0.25) is 0 Å². The van der Waals surface area contributed by atoms with Crippen molar-refractivity contribution in [3.8, 4) is 33.8 Å². The Kier molecular flexibility index (Phi) is 9.11. The van der Waals surface area contributed by atoms with Gasteiger partial charge in [0.15, 0.2) is 0 Å². The average Bonchev–Trinajstić information content (AvgIpc) is 3.75. The number of benzene rings is 9. The third kappa shape index (κ3) is 6.33. The number of nitrogens with zero attached hydrogens (tertiary/aromatic N) is 2. The van der Waals surface area contributed by atoms with Gasteiger partial charge in [0, 0.05) is 79.0 Å². The van der Waals surface area contributed by atoms with E-state index >= 15 is 0 Å². The van der Waals surface area contributed by atoms with Gasteiger partial charge in [-0.1, -0.05) is 172 Å². The van der Waals surface area contributed by atoms with Gasteiger partial charge in [-0.3, -0.25) is 0 Å². The minimum Gasteiger partial charge on any atom is -0.457 e. The summed E-state index contributed by atoms with van der Waals surface area (Å²) in [7, 11) is 0. The highest BCUT2D eigenvalue weighted by Crippen LogP contribution is 2.57. The van der Waals surface area contributed by atoms with E-state index in [-0.39, 0.29) is 28.5 Å². The Hall–Kier alpha value is -7.50. The molecule has 14 rings (SSSR count). The van der Waals surface area contributed by atoms with E-state index in [9.17, 15) is 0 Å². The number of hydrogen-bond acceptors (Lipinski definition) is 4. The second kappa shape index (κ2) is 15.0. The van der Waals surface area contributed by atoms with E-state index in [1.807, 2.05) is 0 Å². The second-order valence-corrected chi connectivity index (χ2v) is 24.4. The third-order valence-electron chi connectivity index (χ3n) is 17.6. The van der Waals surface area contributed by atoms with Gasteiger partial charge in [0.25, 0.3) is 0 Å². The van der Waals surface area contributed by atoms with E-state index in [0.29, 0.717) is 0 Å². The smallest absolute Gasteiger partial charge is 0.333 e. The standard InChI is InChI=1S/C68H61BN2O2/c1-40-32-50-51(67(7,8)31-30-66(50,5)6)37-55(40)70-57-39-62-52(68(9,10)49-25-17-19-27-60(49)73-62)36-53(57)69-64-58(70)33-42-22-14-15-23-44(42)63(64)48-35-47-45-24-16-18-26-59(45)72-61(47)38-56(48)71(69)54-29-28-43(65(2,3)4)34-46(54)41-20-12-11-13-21-41/h11-29,32-39H,30-31H2,1-10H3. The van der Waals surface area contributed by atoms with Gasteiger partial charge < -0.3 is 18.9 Å². The Labute approximate surface area is 430 Å². The van der Waals surface area contributed by atoms with E-state index in [0.717, 1.165) is 63.3 Å². The van der Waals surface area contributed by atoms with Crippen LogP contribution < -0.4 is 25.4 Å². The van der Waals surface area contributed by atoms with Crippen molar-refractivity contribution in [1.82, 2.24) is 0 Å². The zero-order chi connectivity index (χ0) is 50.1. The first-order valence-corrected chi connectivity index (χ1v) is 26.4. The molecule has 3 aliphatic heterocycles. The number of aryl methyl sites for hydroxylation is 1. The summed E-state index contributed by atoms with van der Waals surface area (Å²) >= 11 is 0. The number of anilines is 5. The van der Waals surface area contributed by atoms with Crippen molar-refractivity contribution in [1.29, 1.82) is 0 Å². The highest BCUT2D eigenvalue weighted by molar-refractivity contribution is 6.94. The lowest BCUT2D eigenvalue weighted by atomic mass is 9.42. The molecule has 9 aromatic carbocycles. The average molecular weight is 949 g/mol. The summed E-state index contributed by atoms with van der Waals surface area (Å²) < 4.78 is 14.0. The summed E-state index contributed by atoms with van der Waals surface area (Å²) in [4.78, 5) is 5.33. The quantitative estimate of drug-likeness (QED) is 0.165. The first-order chi connectivity index (χ1) is 35.0. The summed E-state index contributed by atoms with van der Waals surface area (Å²) in [5.41, 5.74) is 22.5. The molecular formula is C68H61BN2O2. The predicted octanol–water partition coefficient (Wildman–Crippen LogP) is 17.5. The van der Waals surface area contributed by atoms with Crippen molar-refractivity contribution in [3.63, 3.8) is 0 Å². The fourth-order valence-electron chi connectivity index (χ4n) is 13.4. The Bertz CT molecular complexity index is 4000. The third-order valence-corrected chi connectivity index (χ3v) is 17.6. The van der Waals surface area contributed by atoms with Crippen LogP contribution in [0.4, 0.5) is 28.4 Å². The molecule has 0 amide bonds. The molecular weight excluding hydrogens is 888 g/mol. The van der Waals surface area contributed by atoms with Crippen molar-refractivity contribution in [2.45, 2.75) is 104 Å². The van der Waals surface area contributed by atoms with Gasteiger partial charge in [0.05, 0.1) is 0 Å². The van der Waals surface area contributed by atoms with Gasteiger partial charge in [-0.05, 0) is 134 Å². The Balaban J connectivity index is 1.17. The van der Waals surface area contributed by atoms with E-state index in [4.69, 9.17) is 9.15 Å². The van der Waals surface area contributed by atoms with Crippen LogP contribution in [0.1, 0.15) is 109 Å². The van der Waals surface area contributed by atoms with Crippen LogP contribution in [-0.4, -0.2) is 6.85 Å². The van der Waals surface area contributed by atoms with Crippen LogP contribution in [0.5, 0.6) is 11.5 Å². The maximum absolute atomic E-state index is 7.12. The molecule has 4 heterocycles. The number of para-hydroxylation sites is 2. The highest BCUT2D eigenvalue weighted by atomic mass is 16.5. The van der Waals surface area contributed by atoms with Crippen molar-refractivity contribution < 1.29 is 9.15 Å². The van der Waals surface area contributed by atoms with E-state index < -0.39 is 0 Å². The topological polar surface area (TPSA) is 28.9 Å². The molecule has 4 aliphatic rings. The molecule has 0 spiro atoms. The monoisotopic (exact) mass is 948 g/mol. The van der Waals surface area contributed by atoms with Crippen LogP contribution in [0.2, 0.25) is 0 Å². The van der Waals surface area contributed by atoms with Crippen molar-refractivity contribution in [3.05, 3.63) is 197 Å². The molecule has 73 heavy (non-hydrogen) atoms. The van der Waals surface area contributed by atoms with Gasteiger partial charge >= 0.3 is 6.85 Å². The molecule has 0 saturated heterocycles. The van der Waals surface area contributed by atoms with Crippen LogP contribution in [0.15, 0.2) is 168 Å². The molecule has 10 aromatic rings. The summed E-state index contributed by atoms with van der Waals surface area (Å²) in [5, 5.41) is 4.70. The highest BCUT2D eigenvalue weighted by Gasteiger charge is 2.49. The molecule has 0 fully saturated rings. The zero-order valence-electron chi connectivity index (χ0n) is 43.8. The lowest BCUT2D eigenvalue weighted by molar-refractivity contribution is 0.332. The minimum atomic E-state index is -0.352. The zero-order valence-corrected chi connectivity index (χ0v) is 43.8. The lowest BCUT2D eigenvalue weighted by Gasteiger charge is -2.48. The number of furan rings is 1. The largest absolute Gasteiger partial charge is 0.457 e. The summed E-state index contributed by atoms with van der Waals surface area (Å²) in [6.45, 7) is 23.6. The molecule has 0 atom stereocenters. The SMILES string of the molecule is Cc1cc2c(cc1N1c3cc4c(cc3B3c5c1cc1ccccc1c5-c1cc5c(cc1N3c1ccc(C(C)(C)C)cc1-c1ccccc1)oc1ccccc15)C(C)(C)c1ccccc1O4)C(C)(C)CCC2(C)C. The van der Waals surface area contributed by atoms with Crippen LogP contribution in [0.25, 0.3) is 55.0 Å². The molecule has 1 aliphatic carbocycles. The van der Waals surface area contributed by atoms with Gasteiger partial charge in [0.1, 0.15) is 22.7 Å². The van der Waals surface area contributed by atoms with Crippen LogP contribution in [-0.2, 0) is 21.7 Å². The number of rotatable bonds is 3. The van der Waals surface area contributed by atoms with Crippen molar-refractivity contribution >= 4 is 78.9 Å². The van der Waals surface area contributed by atoms with Crippen LogP contribution >= 0.6 is 0 Å². The Morgan fingerprint density at radius 3 is 1.99 bits per heavy atom. The molecule has 0 saturated carbocycles.